The lowest BCUT2D eigenvalue weighted by Crippen LogP contribution is -2.29. The van der Waals surface area contributed by atoms with Gasteiger partial charge in [0.2, 0.25) is 0 Å². The molecule has 0 bridgehead atoms. The first kappa shape index (κ1) is 16.3. The minimum Gasteiger partial charge on any atom is -0.372 e. The van der Waals surface area contributed by atoms with Crippen LogP contribution in [0.4, 0.5) is 11.6 Å². The molecule has 1 aliphatic heterocycles. The molecule has 2 atom stereocenters. The van der Waals surface area contributed by atoms with Gasteiger partial charge in [0.15, 0.2) is 0 Å². The van der Waals surface area contributed by atoms with Crippen molar-refractivity contribution in [3.63, 3.8) is 0 Å². The number of hydrogen-bond donors (Lipinski definition) is 2. The summed E-state index contributed by atoms with van der Waals surface area (Å²) < 4.78 is 7.96. The molecule has 4 rings (SSSR count). The van der Waals surface area contributed by atoms with E-state index >= 15 is 0 Å². The van der Waals surface area contributed by atoms with Gasteiger partial charge in [-0.1, -0.05) is 0 Å². The Bertz CT molecular complexity index is 698. The van der Waals surface area contributed by atoms with Crippen LogP contribution in [0.15, 0.2) is 24.7 Å². The maximum Gasteiger partial charge on any atom is 0.131 e. The van der Waals surface area contributed by atoms with Crippen molar-refractivity contribution in [2.75, 3.05) is 30.3 Å². The fraction of sp³-hybridized carbons (Fsp3) is 0.611. The molecule has 0 aromatic carbocycles. The van der Waals surface area contributed by atoms with E-state index in [4.69, 9.17) is 4.74 Å². The predicted molar refractivity (Wildman–Crippen MR) is 96.4 cm³/mol. The van der Waals surface area contributed by atoms with Gasteiger partial charge >= 0.3 is 0 Å². The first-order chi connectivity index (χ1) is 12.3. The van der Waals surface area contributed by atoms with Gasteiger partial charge in [-0.25, -0.2) is 9.97 Å². The van der Waals surface area contributed by atoms with Gasteiger partial charge in [-0.15, -0.1) is 0 Å². The zero-order valence-corrected chi connectivity index (χ0v) is 14.7. The van der Waals surface area contributed by atoms with Crippen LogP contribution < -0.4 is 10.6 Å². The maximum atomic E-state index is 6.05. The first-order valence-electron chi connectivity index (χ1n) is 9.19. The zero-order chi connectivity index (χ0) is 17.1. The Labute approximate surface area is 148 Å². The summed E-state index contributed by atoms with van der Waals surface area (Å²) >= 11 is 0. The van der Waals surface area contributed by atoms with Gasteiger partial charge in [0, 0.05) is 44.9 Å². The second kappa shape index (κ2) is 7.39. The number of rotatable bonds is 7. The summed E-state index contributed by atoms with van der Waals surface area (Å²) in [5.74, 6) is 2.99. The van der Waals surface area contributed by atoms with E-state index in [1.54, 1.807) is 6.33 Å². The van der Waals surface area contributed by atoms with E-state index in [1.807, 2.05) is 30.1 Å². The number of aryl methyl sites for hydroxylation is 1. The van der Waals surface area contributed by atoms with Gasteiger partial charge in [0.05, 0.1) is 5.69 Å². The van der Waals surface area contributed by atoms with E-state index in [-0.39, 0.29) is 6.10 Å². The highest BCUT2D eigenvalue weighted by Gasteiger charge is 2.29. The maximum absolute atomic E-state index is 6.05. The van der Waals surface area contributed by atoms with Crippen molar-refractivity contribution < 1.29 is 4.74 Å². The van der Waals surface area contributed by atoms with Crippen LogP contribution in [-0.4, -0.2) is 39.4 Å². The predicted octanol–water partition coefficient (Wildman–Crippen LogP) is 2.61. The molecular formula is C18H26N6O. The summed E-state index contributed by atoms with van der Waals surface area (Å²) in [5.41, 5.74) is 1.14. The van der Waals surface area contributed by atoms with Crippen LogP contribution in [0.5, 0.6) is 0 Å². The molecule has 2 aromatic heterocycles. The molecule has 1 aliphatic carbocycles. The average Bonchev–Trinajstić information content (AvgIpc) is 3.38. The Hall–Kier alpha value is -2.15. The third-order valence-corrected chi connectivity index (χ3v) is 5.08. The van der Waals surface area contributed by atoms with Gasteiger partial charge < -0.3 is 15.4 Å². The molecule has 2 aromatic rings. The second-order valence-electron chi connectivity index (χ2n) is 7.07. The van der Waals surface area contributed by atoms with Crippen LogP contribution in [0.1, 0.15) is 37.5 Å². The van der Waals surface area contributed by atoms with Crippen molar-refractivity contribution in [1.82, 2.24) is 19.7 Å². The van der Waals surface area contributed by atoms with Crippen LogP contribution in [0.2, 0.25) is 0 Å². The topological polar surface area (TPSA) is 76.9 Å². The molecule has 1 saturated heterocycles. The van der Waals surface area contributed by atoms with Crippen molar-refractivity contribution in [2.45, 2.75) is 31.8 Å². The lowest BCUT2D eigenvalue weighted by Gasteiger charge is -2.32. The lowest BCUT2D eigenvalue weighted by atomic mass is 9.92. The molecule has 2 aliphatic rings. The number of aromatic nitrogens is 4. The molecule has 2 fully saturated rings. The Balaban J connectivity index is 1.37. The average molecular weight is 342 g/mol. The quantitative estimate of drug-likeness (QED) is 0.805. The first-order valence-corrected chi connectivity index (χ1v) is 9.19. The van der Waals surface area contributed by atoms with E-state index in [2.05, 4.69) is 25.7 Å². The van der Waals surface area contributed by atoms with Crippen molar-refractivity contribution in [3.8, 4) is 0 Å². The Morgan fingerprint density at radius 2 is 1.96 bits per heavy atom. The fourth-order valence-electron chi connectivity index (χ4n) is 3.40. The molecule has 3 heterocycles. The Kier molecular flexibility index (Phi) is 4.83. The summed E-state index contributed by atoms with van der Waals surface area (Å²) in [6.07, 6.45) is 8.44. The van der Waals surface area contributed by atoms with E-state index in [1.165, 1.54) is 12.8 Å². The number of hydrogen-bond acceptors (Lipinski definition) is 6. The van der Waals surface area contributed by atoms with Crippen molar-refractivity contribution in [2.24, 2.45) is 18.9 Å². The SMILES string of the molecule is Cn1nccc1[C@@H]1OCCC[C@H]1CNc1cc(NCC2CC2)ncn1. The number of nitrogens with zero attached hydrogens (tertiary/aromatic N) is 4. The summed E-state index contributed by atoms with van der Waals surface area (Å²) in [5, 5.41) is 11.1. The molecule has 0 spiro atoms. The van der Waals surface area contributed by atoms with E-state index < -0.39 is 0 Å². The van der Waals surface area contributed by atoms with Gasteiger partial charge in [-0.2, -0.15) is 5.10 Å². The summed E-state index contributed by atoms with van der Waals surface area (Å²) in [6, 6.07) is 4.04. The van der Waals surface area contributed by atoms with Gasteiger partial charge in [0.1, 0.15) is 24.1 Å². The van der Waals surface area contributed by atoms with Crippen LogP contribution in [0.25, 0.3) is 0 Å². The summed E-state index contributed by atoms with van der Waals surface area (Å²) in [4.78, 5) is 8.65. The number of nitrogens with one attached hydrogen (secondary N) is 2. The third kappa shape index (κ3) is 4.10. The van der Waals surface area contributed by atoms with E-state index in [9.17, 15) is 0 Å². The summed E-state index contributed by atoms with van der Waals surface area (Å²) in [6.45, 7) is 2.65. The van der Waals surface area contributed by atoms with Crippen molar-refractivity contribution in [1.29, 1.82) is 0 Å². The van der Waals surface area contributed by atoms with E-state index in [0.29, 0.717) is 5.92 Å². The second-order valence-corrected chi connectivity index (χ2v) is 7.07. The highest BCUT2D eigenvalue weighted by molar-refractivity contribution is 5.46. The minimum absolute atomic E-state index is 0.0862. The zero-order valence-electron chi connectivity index (χ0n) is 14.7. The number of ether oxygens (including phenoxy) is 1. The van der Waals surface area contributed by atoms with Gasteiger partial charge in [0.25, 0.3) is 0 Å². The van der Waals surface area contributed by atoms with Crippen LogP contribution in [0.3, 0.4) is 0 Å². The highest BCUT2D eigenvalue weighted by atomic mass is 16.5. The van der Waals surface area contributed by atoms with Gasteiger partial charge in [-0.05, 0) is 37.7 Å². The smallest absolute Gasteiger partial charge is 0.131 e. The largest absolute Gasteiger partial charge is 0.372 e. The van der Waals surface area contributed by atoms with Crippen molar-refractivity contribution >= 4 is 11.6 Å². The Morgan fingerprint density at radius 1 is 1.16 bits per heavy atom. The molecule has 7 nitrogen and oxygen atoms in total. The Morgan fingerprint density at radius 3 is 2.68 bits per heavy atom. The molecule has 0 radical (unpaired) electrons. The van der Waals surface area contributed by atoms with Crippen LogP contribution in [0, 0.1) is 11.8 Å². The summed E-state index contributed by atoms with van der Waals surface area (Å²) in [7, 11) is 1.97. The third-order valence-electron chi connectivity index (χ3n) is 5.08. The van der Waals surface area contributed by atoms with Gasteiger partial charge in [-0.3, -0.25) is 4.68 Å². The molecular weight excluding hydrogens is 316 g/mol. The fourth-order valence-corrected chi connectivity index (χ4v) is 3.40. The standard InChI is InChI=1S/C18H26N6O/c1-24-15(6-7-23-24)18-14(3-2-8-25-18)11-20-17-9-16(21-12-22-17)19-10-13-4-5-13/h6-7,9,12-14,18H,2-5,8,10-11H2,1H3,(H2,19,20,21,22)/t14-,18+/m0/s1. The molecule has 25 heavy (non-hydrogen) atoms. The molecule has 1 saturated carbocycles. The molecule has 134 valence electrons. The monoisotopic (exact) mass is 342 g/mol. The number of anilines is 2. The van der Waals surface area contributed by atoms with E-state index in [0.717, 1.165) is 55.8 Å². The van der Waals surface area contributed by atoms with Crippen molar-refractivity contribution in [3.05, 3.63) is 30.4 Å². The highest BCUT2D eigenvalue weighted by Crippen LogP contribution is 2.33. The minimum atomic E-state index is 0.0862. The molecule has 0 unspecified atom stereocenters. The molecule has 2 N–H and O–H groups in total. The van der Waals surface area contributed by atoms with Crippen LogP contribution >= 0.6 is 0 Å². The molecule has 7 heteroatoms. The van der Waals surface area contributed by atoms with Crippen LogP contribution in [-0.2, 0) is 11.8 Å². The molecule has 0 amide bonds. The normalized spacial score (nSPS) is 23.4. The lowest BCUT2D eigenvalue weighted by molar-refractivity contribution is -0.0284.